The molecule has 0 unspecified atom stereocenters. The number of carbonyl (C=O) groups excluding carboxylic acids is 1. The van der Waals surface area contributed by atoms with Crippen LogP contribution in [-0.2, 0) is 13.2 Å². The molecule has 0 saturated heterocycles. The van der Waals surface area contributed by atoms with Crippen LogP contribution in [0.3, 0.4) is 0 Å². The Morgan fingerprint density at radius 1 is 1.22 bits per heavy atom. The van der Waals surface area contributed by atoms with Gasteiger partial charge in [-0.3, -0.25) is 10.1 Å². The Balaban J connectivity index is 1.35. The zero-order chi connectivity index (χ0) is 22.7. The summed E-state index contributed by atoms with van der Waals surface area (Å²) in [6.07, 6.45) is 1.48. The van der Waals surface area contributed by atoms with Crippen LogP contribution < -0.4 is 10.1 Å². The van der Waals surface area contributed by atoms with Gasteiger partial charge in [-0.1, -0.05) is 29.8 Å². The van der Waals surface area contributed by atoms with Gasteiger partial charge < -0.3 is 4.74 Å². The van der Waals surface area contributed by atoms with Crippen molar-refractivity contribution in [2.75, 3.05) is 5.32 Å². The lowest BCUT2D eigenvalue weighted by Gasteiger charge is -2.08. The fraction of sp³-hybridized carbons (Fsp3) is 0.174. The number of hydrogen-bond acceptors (Lipinski definition) is 5. The third-order valence-corrected chi connectivity index (χ3v) is 6.05. The molecule has 32 heavy (non-hydrogen) atoms. The number of aryl methyl sites for hydroxylation is 2. The topological polar surface area (TPSA) is 69.0 Å². The molecule has 2 aromatic carbocycles. The number of hydrogen-bond donors (Lipinski definition) is 1. The summed E-state index contributed by atoms with van der Waals surface area (Å²) in [5.41, 5.74) is 3.80. The molecule has 0 saturated carbocycles. The van der Waals surface area contributed by atoms with E-state index in [0.717, 1.165) is 22.4 Å². The zero-order valence-electron chi connectivity index (χ0n) is 17.4. The van der Waals surface area contributed by atoms with E-state index >= 15 is 0 Å². The van der Waals surface area contributed by atoms with Crippen LogP contribution in [0.4, 0.5) is 10.3 Å². The van der Waals surface area contributed by atoms with Gasteiger partial charge in [0.25, 0.3) is 5.91 Å². The highest BCUT2D eigenvalue weighted by Gasteiger charge is 2.13. The molecule has 0 aliphatic rings. The molecule has 2 heterocycles. The zero-order valence-corrected chi connectivity index (χ0v) is 19.0. The van der Waals surface area contributed by atoms with Crippen LogP contribution in [0.2, 0.25) is 5.02 Å². The SMILES string of the molecule is Cc1ccc(C)c(OCc2csc(C(=O)Nc3ncn(Cc4ccc(F)cc4Cl)n3)c2)c1. The second-order valence-electron chi connectivity index (χ2n) is 7.33. The number of nitrogens with zero attached hydrogens (tertiary/aromatic N) is 3. The minimum atomic E-state index is -0.403. The van der Waals surface area contributed by atoms with E-state index in [2.05, 4.69) is 15.4 Å². The van der Waals surface area contributed by atoms with Crippen molar-refractivity contribution in [3.05, 3.63) is 92.1 Å². The average Bonchev–Trinajstić information content (AvgIpc) is 3.40. The molecule has 1 N–H and O–H groups in total. The predicted octanol–water partition coefficient (Wildman–Crippen LogP) is 5.63. The van der Waals surface area contributed by atoms with E-state index in [1.54, 1.807) is 12.1 Å². The normalized spacial score (nSPS) is 10.9. The van der Waals surface area contributed by atoms with E-state index in [1.807, 2.05) is 37.4 Å². The van der Waals surface area contributed by atoms with Crippen molar-refractivity contribution in [1.82, 2.24) is 14.8 Å². The summed E-state index contributed by atoms with van der Waals surface area (Å²) in [6.45, 7) is 4.70. The molecule has 0 radical (unpaired) electrons. The van der Waals surface area contributed by atoms with Crippen molar-refractivity contribution in [3.8, 4) is 5.75 Å². The van der Waals surface area contributed by atoms with Gasteiger partial charge in [0.05, 0.1) is 11.4 Å². The van der Waals surface area contributed by atoms with Crippen molar-refractivity contribution < 1.29 is 13.9 Å². The van der Waals surface area contributed by atoms with Gasteiger partial charge in [-0.05, 0) is 60.2 Å². The van der Waals surface area contributed by atoms with Crippen molar-refractivity contribution in [2.45, 2.75) is 27.0 Å². The van der Waals surface area contributed by atoms with E-state index in [-0.39, 0.29) is 11.9 Å². The van der Waals surface area contributed by atoms with Crippen molar-refractivity contribution >= 4 is 34.8 Å². The molecule has 0 bridgehead atoms. The number of nitrogens with one attached hydrogen (secondary N) is 1. The monoisotopic (exact) mass is 470 g/mol. The van der Waals surface area contributed by atoms with Gasteiger partial charge in [0.15, 0.2) is 0 Å². The Bertz CT molecular complexity index is 1270. The molecule has 2 aromatic heterocycles. The summed E-state index contributed by atoms with van der Waals surface area (Å²) >= 11 is 7.38. The molecular weight excluding hydrogens is 451 g/mol. The molecule has 0 aliphatic carbocycles. The second kappa shape index (κ2) is 9.50. The molecular formula is C23H20ClFN4O2S. The van der Waals surface area contributed by atoms with Gasteiger partial charge in [-0.2, -0.15) is 0 Å². The number of halogens is 2. The molecule has 0 aliphatic heterocycles. The van der Waals surface area contributed by atoms with Gasteiger partial charge in [0, 0.05) is 10.6 Å². The third-order valence-electron chi connectivity index (χ3n) is 4.72. The number of rotatable bonds is 7. The highest BCUT2D eigenvalue weighted by molar-refractivity contribution is 7.12. The van der Waals surface area contributed by atoms with Gasteiger partial charge in [0.1, 0.15) is 24.5 Å². The van der Waals surface area contributed by atoms with Crippen LogP contribution in [0.1, 0.15) is 31.9 Å². The second-order valence-corrected chi connectivity index (χ2v) is 8.65. The number of benzene rings is 2. The molecule has 6 nitrogen and oxygen atoms in total. The molecule has 0 atom stereocenters. The van der Waals surface area contributed by atoms with Gasteiger partial charge in [-0.15, -0.1) is 16.4 Å². The van der Waals surface area contributed by atoms with Crippen molar-refractivity contribution in [2.24, 2.45) is 0 Å². The number of carbonyl (C=O) groups is 1. The van der Waals surface area contributed by atoms with Crippen LogP contribution in [-0.4, -0.2) is 20.7 Å². The lowest BCUT2D eigenvalue weighted by atomic mass is 10.1. The fourth-order valence-corrected chi connectivity index (χ4v) is 4.03. The number of anilines is 1. The van der Waals surface area contributed by atoms with E-state index < -0.39 is 5.82 Å². The van der Waals surface area contributed by atoms with Crippen LogP contribution in [0.25, 0.3) is 0 Å². The first-order chi connectivity index (χ1) is 15.4. The highest BCUT2D eigenvalue weighted by atomic mass is 35.5. The average molecular weight is 471 g/mol. The first-order valence-corrected chi connectivity index (χ1v) is 11.1. The minimum Gasteiger partial charge on any atom is -0.489 e. The first-order valence-electron chi connectivity index (χ1n) is 9.79. The van der Waals surface area contributed by atoms with Crippen LogP contribution in [0, 0.1) is 19.7 Å². The molecule has 0 spiro atoms. The third kappa shape index (κ3) is 5.33. The van der Waals surface area contributed by atoms with Crippen LogP contribution in [0.15, 0.2) is 54.2 Å². The number of amides is 1. The predicted molar refractivity (Wildman–Crippen MR) is 123 cm³/mol. The Labute approximate surface area is 193 Å². The summed E-state index contributed by atoms with van der Waals surface area (Å²) in [5.74, 6) is 0.304. The Morgan fingerprint density at radius 2 is 2.06 bits per heavy atom. The summed E-state index contributed by atoms with van der Waals surface area (Å²) in [6, 6.07) is 12.0. The van der Waals surface area contributed by atoms with Crippen LogP contribution in [0.5, 0.6) is 5.75 Å². The molecule has 164 valence electrons. The lowest BCUT2D eigenvalue weighted by molar-refractivity contribution is 0.102. The van der Waals surface area contributed by atoms with Gasteiger partial charge >= 0.3 is 0 Å². The van der Waals surface area contributed by atoms with E-state index in [1.165, 1.54) is 34.5 Å². The van der Waals surface area contributed by atoms with E-state index in [9.17, 15) is 9.18 Å². The Hall–Kier alpha value is -3.23. The Kier molecular flexibility index (Phi) is 6.53. The standard InChI is InChI=1S/C23H20ClFN4O2S/c1-14-3-4-15(2)20(7-14)31-11-16-8-21(32-12-16)22(30)27-23-26-13-29(28-23)10-17-5-6-18(25)9-19(17)24/h3-9,12-13H,10-11H2,1-2H3,(H,27,28,30). The maximum atomic E-state index is 13.2. The smallest absolute Gasteiger partial charge is 0.268 e. The fourth-order valence-electron chi connectivity index (χ4n) is 3.01. The summed E-state index contributed by atoms with van der Waals surface area (Å²) in [5, 5.41) is 9.12. The first kappa shape index (κ1) is 22.0. The molecule has 4 rings (SSSR count). The van der Waals surface area contributed by atoms with Crippen molar-refractivity contribution in [3.63, 3.8) is 0 Å². The quantitative estimate of drug-likeness (QED) is 0.380. The van der Waals surface area contributed by atoms with Gasteiger partial charge in [0.2, 0.25) is 5.95 Å². The summed E-state index contributed by atoms with van der Waals surface area (Å²) in [7, 11) is 0. The largest absolute Gasteiger partial charge is 0.489 e. The molecule has 0 fully saturated rings. The highest BCUT2D eigenvalue weighted by Crippen LogP contribution is 2.23. The lowest BCUT2D eigenvalue weighted by Crippen LogP contribution is -2.12. The molecule has 1 amide bonds. The minimum absolute atomic E-state index is 0.176. The van der Waals surface area contributed by atoms with Crippen LogP contribution >= 0.6 is 22.9 Å². The van der Waals surface area contributed by atoms with E-state index in [0.29, 0.717) is 28.6 Å². The number of aromatic nitrogens is 3. The molecule has 9 heteroatoms. The van der Waals surface area contributed by atoms with Crippen molar-refractivity contribution in [1.29, 1.82) is 0 Å². The van der Waals surface area contributed by atoms with Gasteiger partial charge in [-0.25, -0.2) is 14.1 Å². The maximum Gasteiger partial charge on any atom is 0.268 e. The Morgan fingerprint density at radius 3 is 2.88 bits per heavy atom. The maximum absolute atomic E-state index is 13.2. The number of thiophene rings is 1. The summed E-state index contributed by atoms with van der Waals surface area (Å²) < 4.78 is 20.6. The van der Waals surface area contributed by atoms with E-state index in [4.69, 9.17) is 16.3 Å². The summed E-state index contributed by atoms with van der Waals surface area (Å²) in [4.78, 5) is 17.2. The number of ether oxygens (including phenoxy) is 1. The molecule has 4 aromatic rings.